The Bertz CT molecular complexity index is 573. The van der Waals surface area contributed by atoms with Gasteiger partial charge in [-0.3, -0.25) is 0 Å². The number of halogens is 1. The largest absolute Gasteiger partial charge is 0.177 e. The molecular formula is C13H11ClN2. The zero-order valence-corrected chi connectivity index (χ0v) is 9.92. The Balaban J connectivity index is 2.46. The first-order chi connectivity index (χ1) is 7.59. The third-order valence-electron chi connectivity index (χ3n) is 3.00. The summed E-state index contributed by atoms with van der Waals surface area (Å²) in [6.07, 6.45) is 0. The van der Waals surface area contributed by atoms with Crippen molar-refractivity contribution in [3.05, 3.63) is 40.9 Å². The van der Waals surface area contributed by atoms with E-state index in [-0.39, 0.29) is 5.54 Å². The summed E-state index contributed by atoms with van der Waals surface area (Å²) < 4.78 is 0. The summed E-state index contributed by atoms with van der Waals surface area (Å²) in [5, 5.41) is 9.18. The molecule has 0 aromatic heterocycles. The predicted octanol–water partition coefficient (Wildman–Crippen LogP) is 4.78. The summed E-state index contributed by atoms with van der Waals surface area (Å²) in [5.41, 5.74) is 4.03. The Morgan fingerprint density at radius 1 is 1.12 bits per heavy atom. The fourth-order valence-electron chi connectivity index (χ4n) is 2.24. The van der Waals surface area contributed by atoms with Gasteiger partial charge in [-0.1, -0.05) is 35.9 Å². The van der Waals surface area contributed by atoms with Gasteiger partial charge in [0.1, 0.15) is 11.2 Å². The molecule has 3 rings (SSSR count). The number of hydrogen-bond acceptors (Lipinski definition) is 2. The first-order valence-electron chi connectivity index (χ1n) is 5.24. The fraction of sp³-hybridized carbons (Fsp3) is 0.231. The lowest BCUT2D eigenvalue weighted by molar-refractivity contribution is 0.557. The minimum Gasteiger partial charge on any atom is -0.177 e. The van der Waals surface area contributed by atoms with Crippen LogP contribution in [0.4, 0.5) is 5.69 Å². The van der Waals surface area contributed by atoms with Gasteiger partial charge in [-0.05, 0) is 31.0 Å². The van der Waals surface area contributed by atoms with Crippen LogP contribution in [0, 0.1) is 0 Å². The maximum Gasteiger partial charge on any atom is 0.110 e. The lowest BCUT2D eigenvalue weighted by atomic mass is 9.91. The molecule has 0 saturated heterocycles. The van der Waals surface area contributed by atoms with Crippen LogP contribution in [0.15, 0.2) is 40.6 Å². The highest BCUT2D eigenvalue weighted by Crippen LogP contribution is 2.48. The van der Waals surface area contributed by atoms with Crippen LogP contribution in [0.2, 0.25) is 5.02 Å². The predicted molar refractivity (Wildman–Crippen MR) is 65.6 cm³/mol. The van der Waals surface area contributed by atoms with Crippen LogP contribution in [0.3, 0.4) is 0 Å². The molecule has 0 unspecified atom stereocenters. The van der Waals surface area contributed by atoms with E-state index in [1.165, 1.54) is 11.1 Å². The van der Waals surface area contributed by atoms with E-state index in [0.717, 1.165) is 11.3 Å². The van der Waals surface area contributed by atoms with Gasteiger partial charge in [0.25, 0.3) is 0 Å². The smallest absolute Gasteiger partial charge is 0.110 e. The number of nitrogens with zero attached hydrogens (tertiary/aromatic N) is 2. The molecule has 1 heterocycles. The maximum atomic E-state index is 6.21. The van der Waals surface area contributed by atoms with E-state index in [2.05, 4.69) is 36.2 Å². The van der Waals surface area contributed by atoms with Gasteiger partial charge in [0.2, 0.25) is 0 Å². The van der Waals surface area contributed by atoms with E-state index in [9.17, 15) is 0 Å². The average molecular weight is 231 g/mol. The number of azo groups is 1. The van der Waals surface area contributed by atoms with Crippen LogP contribution < -0.4 is 0 Å². The zero-order valence-electron chi connectivity index (χ0n) is 9.16. The van der Waals surface area contributed by atoms with Gasteiger partial charge in [0.05, 0.1) is 5.02 Å². The molecule has 0 aromatic rings. The highest BCUT2D eigenvalue weighted by Gasteiger charge is 2.33. The van der Waals surface area contributed by atoms with E-state index in [1.54, 1.807) is 0 Å². The third kappa shape index (κ3) is 1.20. The molecule has 2 aliphatic carbocycles. The van der Waals surface area contributed by atoms with E-state index in [1.807, 2.05) is 18.2 Å². The average Bonchev–Trinajstić information content (AvgIpc) is 2.75. The fourth-order valence-corrected chi connectivity index (χ4v) is 2.43. The SMILES string of the molecule is CC1(C)N=Nc2c(Cl)ccc3cccc-3c21. The lowest BCUT2D eigenvalue weighted by Gasteiger charge is -2.15. The molecule has 0 saturated carbocycles. The van der Waals surface area contributed by atoms with Gasteiger partial charge in [0.15, 0.2) is 0 Å². The molecule has 0 bridgehead atoms. The zero-order chi connectivity index (χ0) is 11.3. The van der Waals surface area contributed by atoms with Crippen LogP contribution in [-0.2, 0) is 5.54 Å². The topological polar surface area (TPSA) is 24.7 Å². The lowest BCUT2D eigenvalue weighted by Crippen LogP contribution is -2.10. The molecule has 3 heteroatoms. The minimum atomic E-state index is -0.287. The van der Waals surface area contributed by atoms with Crippen LogP contribution in [0.5, 0.6) is 0 Å². The summed E-state index contributed by atoms with van der Waals surface area (Å²) in [4.78, 5) is 0. The van der Waals surface area contributed by atoms with Gasteiger partial charge < -0.3 is 0 Å². The summed E-state index contributed by atoms with van der Waals surface area (Å²) >= 11 is 6.21. The molecule has 0 radical (unpaired) electrons. The van der Waals surface area contributed by atoms with E-state index in [4.69, 9.17) is 11.6 Å². The van der Waals surface area contributed by atoms with E-state index in [0.29, 0.717) is 5.02 Å². The molecule has 0 amide bonds. The first-order valence-corrected chi connectivity index (χ1v) is 5.62. The second-order valence-electron chi connectivity index (χ2n) is 4.56. The van der Waals surface area contributed by atoms with Gasteiger partial charge >= 0.3 is 0 Å². The van der Waals surface area contributed by atoms with Gasteiger partial charge in [-0.2, -0.15) is 10.2 Å². The molecule has 0 spiro atoms. The first kappa shape index (κ1) is 9.79. The van der Waals surface area contributed by atoms with Crippen molar-refractivity contribution >= 4 is 17.3 Å². The maximum absolute atomic E-state index is 6.21. The Kier molecular flexibility index (Phi) is 1.86. The molecule has 0 N–H and O–H groups in total. The standard InChI is InChI=1S/C13H11ClN2/c1-13(2)11-9-5-3-4-8(9)6-7-10(14)12(11)15-16-13/h3-7H,1-2H3. The van der Waals surface area contributed by atoms with Gasteiger partial charge in [0, 0.05) is 5.56 Å². The van der Waals surface area contributed by atoms with Gasteiger partial charge in [-0.25, -0.2) is 0 Å². The Labute approximate surface area is 99.3 Å². The Morgan fingerprint density at radius 2 is 1.94 bits per heavy atom. The van der Waals surface area contributed by atoms with Crippen LogP contribution in [0.1, 0.15) is 19.4 Å². The summed E-state index contributed by atoms with van der Waals surface area (Å²) in [6.45, 7) is 4.12. The summed E-state index contributed by atoms with van der Waals surface area (Å²) in [5.74, 6) is 0. The number of rotatable bonds is 0. The van der Waals surface area contributed by atoms with Crippen molar-refractivity contribution in [2.75, 3.05) is 0 Å². The molecule has 2 nitrogen and oxygen atoms in total. The molecule has 0 fully saturated rings. The second kappa shape index (κ2) is 3.05. The van der Waals surface area contributed by atoms with Crippen molar-refractivity contribution < 1.29 is 0 Å². The molecule has 80 valence electrons. The van der Waals surface area contributed by atoms with Crippen LogP contribution >= 0.6 is 11.6 Å². The molecule has 16 heavy (non-hydrogen) atoms. The minimum absolute atomic E-state index is 0.287. The molecule has 1 aliphatic heterocycles. The van der Waals surface area contributed by atoms with Crippen molar-refractivity contribution in [3.63, 3.8) is 0 Å². The molecule has 0 atom stereocenters. The van der Waals surface area contributed by atoms with Crippen LogP contribution in [-0.4, -0.2) is 0 Å². The normalized spacial score (nSPS) is 16.7. The highest BCUT2D eigenvalue weighted by atomic mass is 35.5. The van der Waals surface area contributed by atoms with E-state index < -0.39 is 0 Å². The third-order valence-corrected chi connectivity index (χ3v) is 3.31. The highest BCUT2D eigenvalue weighted by molar-refractivity contribution is 6.33. The quantitative estimate of drug-likeness (QED) is 0.622. The van der Waals surface area contributed by atoms with E-state index >= 15 is 0 Å². The van der Waals surface area contributed by atoms with Crippen molar-refractivity contribution in [3.8, 4) is 11.1 Å². The van der Waals surface area contributed by atoms with Crippen molar-refractivity contribution in [2.24, 2.45) is 10.2 Å². The van der Waals surface area contributed by atoms with Crippen molar-refractivity contribution in [1.29, 1.82) is 0 Å². The van der Waals surface area contributed by atoms with Gasteiger partial charge in [-0.15, -0.1) is 0 Å². The van der Waals surface area contributed by atoms with Crippen molar-refractivity contribution in [2.45, 2.75) is 19.4 Å². The Morgan fingerprint density at radius 3 is 2.75 bits per heavy atom. The Hall–Kier alpha value is -1.41. The molecule has 3 aliphatic rings. The van der Waals surface area contributed by atoms with Crippen LogP contribution in [0.25, 0.3) is 11.1 Å². The summed E-state index contributed by atoms with van der Waals surface area (Å²) in [7, 11) is 0. The number of fused-ring (bicyclic) bond motifs is 3. The number of hydrogen-bond donors (Lipinski definition) is 0. The molecular weight excluding hydrogens is 220 g/mol. The summed E-state index contributed by atoms with van der Waals surface area (Å²) in [6, 6.07) is 10.2. The molecule has 0 aromatic carbocycles. The second-order valence-corrected chi connectivity index (χ2v) is 4.97. The monoisotopic (exact) mass is 230 g/mol. The van der Waals surface area contributed by atoms with Crippen molar-refractivity contribution in [1.82, 2.24) is 0 Å².